The van der Waals surface area contributed by atoms with Gasteiger partial charge in [-0.25, -0.2) is 0 Å². The number of carboxylic acids is 1. The summed E-state index contributed by atoms with van der Waals surface area (Å²) in [5, 5.41) is 10.9. The van der Waals surface area contributed by atoms with Crippen molar-refractivity contribution in [2.45, 2.75) is 6.92 Å². The van der Waals surface area contributed by atoms with Gasteiger partial charge in [0.2, 0.25) is 5.75 Å². The summed E-state index contributed by atoms with van der Waals surface area (Å²) in [6.45, 7) is 1.62. The number of ether oxygens (including phenoxy) is 3. The predicted molar refractivity (Wildman–Crippen MR) is 55.2 cm³/mol. The first-order chi connectivity index (χ1) is 7.56. The molecule has 0 aliphatic heterocycles. The molecule has 0 unspecified atom stereocenters. The second-order valence-corrected chi connectivity index (χ2v) is 3.11. The van der Waals surface area contributed by atoms with E-state index in [1.165, 1.54) is 27.4 Å². The van der Waals surface area contributed by atoms with Crippen LogP contribution in [0.3, 0.4) is 0 Å². The van der Waals surface area contributed by atoms with Crippen LogP contribution in [0.2, 0.25) is 0 Å². The summed E-state index contributed by atoms with van der Waals surface area (Å²) in [6.07, 6.45) is 0. The third-order valence-corrected chi connectivity index (χ3v) is 2.30. The summed E-state index contributed by atoms with van der Waals surface area (Å²) in [5.74, 6) is -0.283. The molecule has 0 aromatic heterocycles. The average molecular weight is 311 g/mol. The van der Waals surface area contributed by atoms with Gasteiger partial charge in [0, 0.05) is 11.1 Å². The minimum Gasteiger partial charge on any atom is -0.545 e. The molecule has 0 amide bonds. The molecule has 5 nitrogen and oxygen atoms in total. The molecule has 0 aliphatic carbocycles. The molecule has 0 aliphatic rings. The average Bonchev–Trinajstić information content (AvgIpc) is 2.27. The monoisotopic (exact) mass is 310 g/mol. The normalized spacial score (nSPS) is 9.18. The third-order valence-electron chi connectivity index (χ3n) is 2.30. The first-order valence-electron chi connectivity index (χ1n) is 4.57. The molecule has 0 atom stereocenters. The van der Waals surface area contributed by atoms with Crippen molar-refractivity contribution in [2.75, 3.05) is 21.3 Å². The van der Waals surface area contributed by atoms with Crippen LogP contribution in [0.5, 0.6) is 17.2 Å². The number of aromatic carboxylic acids is 1. The molecule has 0 radical (unpaired) electrons. The fraction of sp³-hybridized carbons (Fsp3) is 0.364. The van der Waals surface area contributed by atoms with E-state index in [1.54, 1.807) is 6.92 Å². The van der Waals surface area contributed by atoms with Gasteiger partial charge in [-0.05, 0) is 13.0 Å². The van der Waals surface area contributed by atoms with E-state index >= 15 is 0 Å². The zero-order valence-corrected chi connectivity index (χ0v) is 15.5. The van der Waals surface area contributed by atoms with Crippen molar-refractivity contribution < 1.29 is 82.3 Å². The molecule has 0 bridgehead atoms. The van der Waals surface area contributed by atoms with E-state index in [9.17, 15) is 9.90 Å². The van der Waals surface area contributed by atoms with Crippen LogP contribution in [-0.2, 0) is 0 Å². The van der Waals surface area contributed by atoms with E-state index in [4.69, 9.17) is 14.2 Å². The topological polar surface area (TPSA) is 67.8 Å². The Labute approximate surface area is 149 Å². The Morgan fingerprint density at radius 3 is 2.00 bits per heavy atom. The Morgan fingerprint density at radius 1 is 1.12 bits per heavy atom. The summed E-state index contributed by atoms with van der Waals surface area (Å²) < 4.78 is 15.2. The van der Waals surface area contributed by atoms with Crippen molar-refractivity contribution in [3.63, 3.8) is 0 Å². The minimum atomic E-state index is -1.28. The molecule has 1 aromatic carbocycles. The molecular weight excluding hydrogens is 298 g/mol. The van der Waals surface area contributed by atoms with E-state index in [2.05, 4.69) is 0 Å². The van der Waals surface area contributed by atoms with Gasteiger partial charge in [-0.1, -0.05) is 0 Å². The number of carbonyl (C=O) groups is 1. The minimum absolute atomic E-state index is 0. The van der Waals surface area contributed by atoms with Gasteiger partial charge < -0.3 is 24.1 Å². The largest absolute Gasteiger partial charge is 1.00 e. The molecule has 1 rings (SSSR count). The predicted octanol–water partition coefficient (Wildman–Crippen LogP) is -2.61. The number of rotatable bonds is 4. The van der Waals surface area contributed by atoms with Gasteiger partial charge in [0.05, 0.1) is 27.3 Å². The molecule has 88 valence electrons. The molecule has 0 fully saturated rings. The van der Waals surface area contributed by atoms with Gasteiger partial charge in [0.25, 0.3) is 0 Å². The molecule has 1 aromatic rings. The number of benzene rings is 1. The van der Waals surface area contributed by atoms with Crippen LogP contribution in [0.15, 0.2) is 6.07 Å². The van der Waals surface area contributed by atoms with Crippen molar-refractivity contribution in [3.05, 3.63) is 17.2 Å². The number of hydrogen-bond donors (Lipinski definition) is 0. The first kappa shape index (κ1) is 16.9. The fourth-order valence-corrected chi connectivity index (χ4v) is 1.51. The Hall–Kier alpha value is -0.105. The van der Waals surface area contributed by atoms with Crippen LogP contribution in [0, 0.1) is 6.92 Å². The van der Waals surface area contributed by atoms with Gasteiger partial charge in [-0.3, -0.25) is 0 Å². The second kappa shape index (κ2) is 7.36. The number of hydrogen-bond acceptors (Lipinski definition) is 5. The smallest absolute Gasteiger partial charge is 0.545 e. The molecule has 0 saturated heterocycles. The maximum absolute atomic E-state index is 10.9. The van der Waals surface area contributed by atoms with Crippen molar-refractivity contribution >= 4 is 5.97 Å². The molecular formula is C11H13O5Rb. The van der Waals surface area contributed by atoms with Gasteiger partial charge >= 0.3 is 58.2 Å². The fourth-order valence-electron chi connectivity index (χ4n) is 1.51. The molecule has 0 heterocycles. The maximum Gasteiger partial charge on any atom is 1.00 e. The SMILES string of the molecule is COc1cc(C(=O)[O-])c(C)c(OC)c1OC.[Rb+]. The first-order valence-corrected chi connectivity index (χ1v) is 4.57. The second-order valence-electron chi connectivity index (χ2n) is 3.11. The van der Waals surface area contributed by atoms with Crippen LogP contribution in [-0.4, -0.2) is 27.3 Å². The van der Waals surface area contributed by atoms with Gasteiger partial charge in [-0.15, -0.1) is 0 Å². The molecule has 0 saturated carbocycles. The zero-order chi connectivity index (χ0) is 12.3. The van der Waals surface area contributed by atoms with Gasteiger partial charge in [0.15, 0.2) is 11.5 Å². The van der Waals surface area contributed by atoms with E-state index in [1.807, 2.05) is 0 Å². The molecule has 6 heteroatoms. The van der Waals surface area contributed by atoms with Crippen LogP contribution < -0.4 is 77.5 Å². The van der Waals surface area contributed by atoms with Crippen LogP contribution in [0.1, 0.15) is 15.9 Å². The van der Waals surface area contributed by atoms with Crippen LogP contribution in [0.4, 0.5) is 0 Å². The van der Waals surface area contributed by atoms with Crippen molar-refractivity contribution in [1.29, 1.82) is 0 Å². The third kappa shape index (κ3) is 3.43. The molecule has 0 spiro atoms. The maximum atomic E-state index is 10.9. The van der Waals surface area contributed by atoms with E-state index in [-0.39, 0.29) is 63.8 Å². The van der Waals surface area contributed by atoms with E-state index in [0.717, 1.165) is 0 Å². The molecule has 0 N–H and O–H groups in total. The summed E-state index contributed by atoms with van der Waals surface area (Å²) in [6, 6.07) is 1.35. The summed E-state index contributed by atoms with van der Waals surface area (Å²) in [4.78, 5) is 10.9. The van der Waals surface area contributed by atoms with Gasteiger partial charge in [0.1, 0.15) is 0 Å². The zero-order valence-electron chi connectivity index (χ0n) is 10.6. The Kier molecular flexibility index (Phi) is 7.31. The van der Waals surface area contributed by atoms with Crippen molar-refractivity contribution in [2.24, 2.45) is 0 Å². The van der Waals surface area contributed by atoms with E-state index in [0.29, 0.717) is 22.8 Å². The Balaban J connectivity index is 0.00000256. The number of methoxy groups -OCH3 is 3. The summed E-state index contributed by atoms with van der Waals surface area (Å²) >= 11 is 0. The number of carboxylic acid groups (broad SMARTS) is 1. The quantitative estimate of drug-likeness (QED) is 0.609. The van der Waals surface area contributed by atoms with Crippen LogP contribution in [0.25, 0.3) is 0 Å². The van der Waals surface area contributed by atoms with Gasteiger partial charge in [-0.2, -0.15) is 0 Å². The Bertz CT molecular complexity index is 417. The summed E-state index contributed by atoms with van der Waals surface area (Å²) in [5.41, 5.74) is 0.467. The standard InChI is InChI=1S/C11H14O5.Rb/c1-6-7(11(12)13)5-8(14-2)10(16-4)9(6)15-3;/h5H,1-4H3,(H,12,13);/q;+1/p-1. The Morgan fingerprint density at radius 2 is 1.65 bits per heavy atom. The number of carbonyl (C=O) groups excluding carboxylic acids is 1. The van der Waals surface area contributed by atoms with Crippen molar-refractivity contribution in [3.8, 4) is 17.2 Å². The van der Waals surface area contributed by atoms with Crippen LogP contribution >= 0.6 is 0 Å². The van der Waals surface area contributed by atoms with E-state index < -0.39 is 5.97 Å². The molecule has 17 heavy (non-hydrogen) atoms. The van der Waals surface area contributed by atoms with Crippen molar-refractivity contribution in [1.82, 2.24) is 0 Å². The summed E-state index contributed by atoms with van der Waals surface area (Å²) in [7, 11) is 4.31.